The molecule has 0 radical (unpaired) electrons. The average molecular weight is 298 g/mol. The number of anilines is 1. The minimum Gasteiger partial charge on any atom is -0.325 e. The fourth-order valence-electron chi connectivity index (χ4n) is 2.76. The van der Waals surface area contributed by atoms with Crippen molar-refractivity contribution in [1.29, 1.82) is 0 Å². The lowest BCUT2D eigenvalue weighted by Gasteiger charge is -2.26. The van der Waals surface area contributed by atoms with Crippen LogP contribution in [0, 0.1) is 0 Å². The Hall–Kier alpha value is -2.30. The van der Waals surface area contributed by atoms with Gasteiger partial charge in [-0.25, -0.2) is 4.79 Å². The number of H-pyrrole nitrogens is 1. The van der Waals surface area contributed by atoms with Crippen LogP contribution in [0.25, 0.3) is 0 Å². The van der Waals surface area contributed by atoms with Gasteiger partial charge in [0.05, 0.1) is 0 Å². The van der Waals surface area contributed by atoms with Crippen LogP contribution < -0.4 is 5.32 Å². The summed E-state index contributed by atoms with van der Waals surface area (Å²) in [6, 6.07) is 12.2. The molecule has 1 saturated heterocycles. The second kappa shape index (κ2) is 7.11. The average Bonchev–Trinajstić information content (AvgIpc) is 3.02. The molecule has 0 bridgehead atoms. The lowest BCUT2D eigenvalue weighted by atomic mass is 10.1. The molecule has 1 aliphatic heterocycles. The molecule has 1 fully saturated rings. The highest BCUT2D eigenvalue weighted by molar-refractivity contribution is 5.88. The molecule has 1 aromatic heterocycles. The van der Waals surface area contributed by atoms with Crippen LogP contribution in [-0.4, -0.2) is 34.2 Å². The maximum Gasteiger partial charge on any atom is 0.323 e. The quantitative estimate of drug-likeness (QED) is 0.910. The summed E-state index contributed by atoms with van der Waals surface area (Å²) in [7, 11) is 0. The lowest BCUT2D eigenvalue weighted by Crippen LogP contribution is -2.38. The molecular weight excluding hydrogens is 276 g/mol. The van der Waals surface area contributed by atoms with Gasteiger partial charge in [-0.1, -0.05) is 30.3 Å². The summed E-state index contributed by atoms with van der Waals surface area (Å²) >= 11 is 0. The van der Waals surface area contributed by atoms with Crippen LogP contribution in [0.2, 0.25) is 0 Å². The summed E-state index contributed by atoms with van der Waals surface area (Å²) in [6.07, 6.45) is 5.25. The van der Waals surface area contributed by atoms with Crippen LogP contribution in [0.3, 0.4) is 0 Å². The first kappa shape index (κ1) is 14.6. The number of aryl methyl sites for hydroxylation is 2. The summed E-state index contributed by atoms with van der Waals surface area (Å²) in [5.41, 5.74) is 2.34. The van der Waals surface area contributed by atoms with E-state index in [4.69, 9.17) is 0 Å². The van der Waals surface area contributed by atoms with E-state index in [0.29, 0.717) is 5.82 Å². The van der Waals surface area contributed by atoms with Crippen molar-refractivity contribution in [2.45, 2.75) is 32.1 Å². The summed E-state index contributed by atoms with van der Waals surface area (Å²) in [6.45, 7) is 1.69. The van der Waals surface area contributed by atoms with Crippen LogP contribution in [0.5, 0.6) is 0 Å². The monoisotopic (exact) mass is 298 g/mol. The normalized spacial score (nSPS) is 14.8. The van der Waals surface area contributed by atoms with Gasteiger partial charge < -0.3 is 4.90 Å². The number of nitrogens with zero attached hydrogens (tertiary/aromatic N) is 2. The zero-order chi connectivity index (χ0) is 15.2. The summed E-state index contributed by atoms with van der Waals surface area (Å²) in [5.74, 6) is 0.610. The maximum absolute atomic E-state index is 12.1. The molecule has 22 heavy (non-hydrogen) atoms. The lowest BCUT2D eigenvalue weighted by molar-refractivity contribution is 0.200. The van der Waals surface area contributed by atoms with Crippen LogP contribution in [0.15, 0.2) is 36.4 Å². The minimum absolute atomic E-state index is 0.0409. The predicted octanol–water partition coefficient (Wildman–Crippen LogP) is 3.21. The number of hydrogen-bond donors (Lipinski definition) is 2. The summed E-state index contributed by atoms with van der Waals surface area (Å²) in [4.78, 5) is 14.0. The van der Waals surface area contributed by atoms with Crippen LogP contribution in [-0.2, 0) is 12.8 Å². The van der Waals surface area contributed by atoms with Crippen LogP contribution >= 0.6 is 0 Å². The van der Waals surface area contributed by atoms with Crippen molar-refractivity contribution < 1.29 is 4.79 Å². The number of carbonyl (C=O) groups is 1. The van der Waals surface area contributed by atoms with E-state index >= 15 is 0 Å². The number of amides is 2. The Morgan fingerprint density at radius 3 is 2.68 bits per heavy atom. The van der Waals surface area contributed by atoms with E-state index in [1.807, 2.05) is 29.2 Å². The smallest absolute Gasteiger partial charge is 0.323 e. The van der Waals surface area contributed by atoms with E-state index in [1.165, 1.54) is 12.0 Å². The zero-order valence-electron chi connectivity index (χ0n) is 12.7. The van der Waals surface area contributed by atoms with Crippen molar-refractivity contribution in [3.05, 3.63) is 47.7 Å². The van der Waals surface area contributed by atoms with Crippen molar-refractivity contribution in [1.82, 2.24) is 15.1 Å². The predicted molar refractivity (Wildman–Crippen MR) is 86.9 cm³/mol. The molecule has 2 heterocycles. The number of nitrogens with one attached hydrogen (secondary N) is 2. The Labute approximate surface area is 130 Å². The maximum atomic E-state index is 12.1. The first-order valence-corrected chi connectivity index (χ1v) is 7.95. The molecular formula is C17H22N4O. The molecule has 0 atom stereocenters. The minimum atomic E-state index is -0.0409. The number of likely N-dealkylation sites (tertiary alicyclic amines) is 1. The van der Waals surface area contributed by atoms with Gasteiger partial charge in [-0.05, 0) is 37.7 Å². The van der Waals surface area contributed by atoms with E-state index in [-0.39, 0.29) is 6.03 Å². The highest BCUT2D eigenvalue weighted by atomic mass is 16.2. The van der Waals surface area contributed by atoms with Crippen LogP contribution in [0.4, 0.5) is 10.6 Å². The third kappa shape index (κ3) is 3.87. The van der Waals surface area contributed by atoms with Gasteiger partial charge in [-0.3, -0.25) is 10.4 Å². The Bertz CT molecular complexity index is 602. The number of benzene rings is 1. The number of hydrogen-bond acceptors (Lipinski definition) is 2. The first-order valence-electron chi connectivity index (χ1n) is 7.95. The van der Waals surface area contributed by atoms with Gasteiger partial charge in [0.15, 0.2) is 5.82 Å². The first-order chi connectivity index (χ1) is 10.8. The van der Waals surface area contributed by atoms with Gasteiger partial charge in [-0.2, -0.15) is 5.10 Å². The highest BCUT2D eigenvalue weighted by Crippen LogP contribution is 2.13. The van der Waals surface area contributed by atoms with E-state index < -0.39 is 0 Å². The van der Waals surface area contributed by atoms with Gasteiger partial charge in [-0.15, -0.1) is 0 Å². The van der Waals surface area contributed by atoms with Crippen molar-refractivity contribution in [3.63, 3.8) is 0 Å². The molecule has 0 aliphatic carbocycles. The molecule has 1 aromatic carbocycles. The van der Waals surface area contributed by atoms with Crippen molar-refractivity contribution in [2.75, 3.05) is 18.4 Å². The molecule has 5 nitrogen and oxygen atoms in total. The second-order valence-electron chi connectivity index (χ2n) is 5.74. The Kier molecular flexibility index (Phi) is 4.73. The fraction of sp³-hybridized carbons (Fsp3) is 0.412. The van der Waals surface area contributed by atoms with E-state index in [0.717, 1.165) is 44.5 Å². The third-order valence-electron chi connectivity index (χ3n) is 4.04. The molecule has 5 heteroatoms. The van der Waals surface area contributed by atoms with Gasteiger partial charge in [0.2, 0.25) is 0 Å². The van der Waals surface area contributed by atoms with E-state index in [2.05, 4.69) is 27.6 Å². The molecule has 0 saturated carbocycles. The Balaban J connectivity index is 1.51. The van der Waals surface area contributed by atoms with Crippen molar-refractivity contribution in [3.8, 4) is 0 Å². The van der Waals surface area contributed by atoms with Gasteiger partial charge in [0, 0.05) is 24.8 Å². The largest absolute Gasteiger partial charge is 0.325 e. The third-order valence-corrected chi connectivity index (χ3v) is 4.04. The van der Waals surface area contributed by atoms with E-state index in [1.54, 1.807) is 0 Å². The molecule has 2 amide bonds. The molecule has 116 valence electrons. The Morgan fingerprint density at radius 2 is 1.91 bits per heavy atom. The standard InChI is InChI=1S/C17H22N4O/c22-17(21-11-5-2-6-12-21)18-16-13-15(19-20-16)10-9-14-7-3-1-4-8-14/h1,3-4,7-8,13H,2,5-6,9-12H2,(H2,18,19,20,22). The van der Waals surface area contributed by atoms with Gasteiger partial charge in [0.1, 0.15) is 0 Å². The fourth-order valence-corrected chi connectivity index (χ4v) is 2.76. The zero-order valence-corrected chi connectivity index (χ0v) is 12.7. The molecule has 3 rings (SSSR count). The van der Waals surface area contributed by atoms with Crippen molar-refractivity contribution >= 4 is 11.8 Å². The number of rotatable bonds is 4. The van der Waals surface area contributed by atoms with Crippen molar-refractivity contribution in [2.24, 2.45) is 0 Å². The number of aromatic nitrogens is 2. The van der Waals surface area contributed by atoms with E-state index in [9.17, 15) is 4.79 Å². The number of piperidine rings is 1. The summed E-state index contributed by atoms with van der Waals surface area (Å²) in [5, 5.41) is 10.1. The SMILES string of the molecule is O=C(Nc1cc(CCc2ccccc2)[nH]n1)N1CCCCC1. The number of carbonyl (C=O) groups excluding carboxylic acids is 1. The van der Waals surface area contributed by atoms with Gasteiger partial charge in [0.25, 0.3) is 0 Å². The highest BCUT2D eigenvalue weighted by Gasteiger charge is 2.17. The Morgan fingerprint density at radius 1 is 1.14 bits per heavy atom. The number of aromatic amines is 1. The van der Waals surface area contributed by atoms with Gasteiger partial charge >= 0.3 is 6.03 Å². The molecule has 2 aromatic rings. The topological polar surface area (TPSA) is 61.0 Å². The molecule has 1 aliphatic rings. The molecule has 0 spiro atoms. The number of urea groups is 1. The summed E-state index contributed by atoms with van der Waals surface area (Å²) < 4.78 is 0. The molecule has 0 unspecified atom stereocenters. The molecule has 2 N–H and O–H groups in total. The van der Waals surface area contributed by atoms with Crippen LogP contribution in [0.1, 0.15) is 30.5 Å². The second-order valence-corrected chi connectivity index (χ2v) is 5.74.